The van der Waals surface area contributed by atoms with Gasteiger partial charge in [0, 0.05) is 17.8 Å². The molecule has 0 spiro atoms. The molecule has 21 heavy (non-hydrogen) atoms. The maximum Gasteiger partial charge on any atom is 0.358 e. The van der Waals surface area contributed by atoms with Crippen molar-refractivity contribution in [2.75, 3.05) is 7.11 Å². The van der Waals surface area contributed by atoms with Crippen LogP contribution in [0.1, 0.15) is 40.9 Å². The third-order valence-corrected chi connectivity index (χ3v) is 5.01. The summed E-state index contributed by atoms with van der Waals surface area (Å²) in [6, 6.07) is 3.67. The predicted molar refractivity (Wildman–Crippen MR) is 77.7 cm³/mol. The van der Waals surface area contributed by atoms with Gasteiger partial charge in [-0.1, -0.05) is 0 Å². The molecule has 1 aromatic heterocycles. The highest BCUT2D eigenvalue weighted by atomic mass is 79.9. The molecule has 0 unspecified atom stereocenters. The lowest BCUT2D eigenvalue weighted by Crippen LogP contribution is -2.22. The number of methoxy groups -OCH3 is 1. The lowest BCUT2D eigenvalue weighted by Gasteiger charge is -2.34. The van der Waals surface area contributed by atoms with E-state index in [0.717, 1.165) is 29.8 Å². The second-order valence-corrected chi connectivity index (χ2v) is 6.38. The number of aromatic nitrogens is 2. The second kappa shape index (κ2) is 4.40. The van der Waals surface area contributed by atoms with Gasteiger partial charge in [-0.25, -0.2) is 14.2 Å². The number of esters is 1. The largest absolute Gasteiger partial charge is 0.464 e. The van der Waals surface area contributed by atoms with Gasteiger partial charge in [0.1, 0.15) is 11.6 Å². The number of carbonyl (C=O) groups excluding carboxylic acids is 1. The molecule has 1 aromatic carbocycles. The Morgan fingerprint density at radius 3 is 2.95 bits per heavy atom. The average Bonchev–Trinajstić information content (AvgIpc) is 2.76. The van der Waals surface area contributed by atoms with Crippen LogP contribution in [0.4, 0.5) is 4.39 Å². The van der Waals surface area contributed by atoms with Crippen molar-refractivity contribution in [3.8, 4) is 11.4 Å². The van der Waals surface area contributed by atoms with Crippen molar-refractivity contribution in [1.82, 2.24) is 9.55 Å². The van der Waals surface area contributed by atoms with Crippen molar-refractivity contribution < 1.29 is 13.9 Å². The summed E-state index contributed by atoms with van der Waals surface area (Å²) in [5.74, 6) is 0.381. The van der Waals surface area contributed by atoms with Crippen LogP contribution in [-0.4, -0.2) is 22.6 Å². The number of rotatable bonds is 1. The molecular formula is C15H12BrFN2O2. The summed E-state index contributed by atoms with van der Waals surface area (Å²) < 4.78 is 21.0. The minimum atomic E-state index is -0.450. The van der Waals surface area contributed by atoms with Crippen molar-refractivity contribution >= 4 is 21.9 Å². The molecule has 2 aliphatic heterocycles. The van der Waals surface area contributed by atoms with E-state index in [4.69, 9.17) is 4.74 Å². The van der Waals surface area contributed by atoms with Crippen LogP contribution in [-0.2, 0) is 4.74 Å². The van der Waals surface area contributed by atoms with Crippen LogP contribution in [0, 0.1) is 5.82 Å². The predicted octanol–water partition coefficient (Wildman–Crippen LogP) is 3.67. The molecule has 0 saturated heterocycles. The first kappa shape index (κ1) is 13.0. The van der Waals surface area contributed by atoms with E-state index in [2.05, 4.69) is 20.9 Å². The minimum absolute atomic E-state index is 0.259. The Balaban J connectivity index is 1.95. The van der Waals surface area contributed by atoms with Gasteiger partial charge in [0.2, 0.25) is 0 Å². The third kappa shape index (κ3) is 1.78. The smallest absolute Gasteiger partial charge is 0.358 e. The van der Waals surface area contributed by atoms with Gasteiger partial charge in [0.15, 0.2) is 5.69 Å². The van der Waals surface area contributed by atoms with Crippen LogP contribution in [0.5, 0.6) is 0 Å². The van der Waals surface area contributed by atoms with Gasteiger partial charge in [0.25, 0.3) is 0 Å². The SMILES string of the molecule is COC(=O)c1cn2c(n1)-c1cc(Br)c(F)cc1C1CC2C1. The molecule has 6 heteroatoms. The number of hydrogen-bond acceptors (Lipinski definition) is 3. The minimum Gasteiger partial charge on any atom is -0.464 e. The molecule has 1 aliphatic carbocycles. The van der Waals surface area contributed by atoms with Crippen LogP contribution >= 0.6 is 15.9 Å². The molecule has 1 saturated carbocycles. The van der Waals surface area contributed by atoms with E-state index >= 15 is 0 Å². The Bertz CT molecular complexity index is 765. The number of imidazole rings is 1. The lowest BCUT2D eigenvalue weighted by atomic mass is 9.76. The molecule has 4 nitrogen and oxygen atoms in total. The third-order valence-electron chi connectivity index (χ3n) is 4.41. The van der Waals surface area contributed by atoms with Crippen LogP contribution in [0.25, 0.3) is 11.4 Å². The van der Waals surface area contributed by atoms with Gasteiger partial charge in [-0.05, 0) is 52.4 Å². The topological polar surface area (TPSA) is 44.1 Å². The summed E-state index contributed by atoms with van der Waals surface area (Å²) in [5.41, 5.74) is 2.17. The van der Waals surface area contributed by atoms with E-state index in [1.54, 1.807) is 18.3 Å². The molecule has 2 aromatic rings. The number of carbonyl (C=O) groups is 1. The van der Waals surface area contributed by atoms with Gasteiger partial charge in [0.05, 0.1) is 11.6 Å². The first-order chi connectivity index (χ1) is 10.1. The lowest BCUT2D eigenvalue weighted by molar-refractivity contribution is 0.0594. The maximum atomic E-state index is 13.8. The van der Waals surface area contributed by atoms with Gasteiger partial charge in [-0.3, -0.25) is 0 Å². The summed E-state index contributed by atoms with van der Waals surface area (Å²) >= 11 is 3.23. The second-order valence-electron chi connectivity index (χ2n) is 5.52. The Labute approximate surface area is 129 Å². The van der Waals surface area contributed by atoms with Crippen molar-refractivity contribution in [3.63, 3.8) is 0 Å². The number of nitrogens with zero attached hydrogens (tertiary/aromatic N) is 2. The summed E-state index contributed by atoms with van der Waals surface area (Å²) in [4.78, 5) is 16.1. The van der Waals surface area contributed by atoms with Crippen LogP contribution < -0.4 is 0 Å². The Hall–Kier alpha value is -1.69. The maximum absolute atomic E-state index is 13.8. The zero-order valence-corrected chi connectivity index (χ0v) is 12.9. The Morgan fingerprint density at radius 1 is 1.48 bits per heavy atom. The fourth-order valence-corrected chi connectivity index (χ4v) is 3.58. The van der Waals surface area contributed by atoms with E-state index in [1.807, 2.05) is 4.57 Å². The molecular weight excluding hydrogens is 339 g/mol. The molecule has 0 N–H and O–H groups in total. The first-order valence-electron chi connectivity index (χ1n) is 6.75. The average molecular weight is 351 g/mol. The highest BCUT2D eigenvalue weighted by molar-refractivity contribution is 9.10. The zero-order chi connectivity index (χ0) is 14.7. The summed E-state index contributed by atoms with van der Waals surface area (Å²) in [6.07, 6.45) is 3.66. The Morgan fingerprint density at radius 2 is 2.24 bits per heavy atom. The van der Waals surface area contributed by atoms with Gasteiger partial charge in [-0.2, -0.15) is 0 Å². The fourth-order valence-electron chi connectivity index (χ4n) is 3.24. The van der Waals surface area contributed by atoms with Crippen molar-refractivity contribution in [1.29, 1.82) is 0 Å². The molecule has 0 atom stereocenters. The fraction of sp³-hybridized carbons (Fsp3) is 0.333. The normalized spacial score (nSPS) is 21.9. The van der Waals surface area contributed by atoms with E-state index in [9.17, 15) is 9.18 Å². The molecule has 2 bridgehead atoms. The first-order valence-corrected chi connectivity index (χ1v) is 7.54. The van der Waals surface area contributed by atoms with Crippen molar-refractivity contribution in [2.24, 2.45) is 0 Å². The summed E-state index contributed by atoms with van der Waals surface area (Å²) in [6.45, 7) is 0. The van der Waals surface area contributed by atoms with E-state index in [1.165, 1.54) is 7.11 Å². The van der Waals surface area contributed by atoms with E-state index < -0.39 is 5.97 Å². The van der Waals surface area contributed by atoms with Crippen molar-refractivity contribution in [2.45, 2.75) is 24.8 Å². The number of benzene rings is 1. The highest BCUT2D eigenvalue weighted by Crippen LogP contribution is 2.52. The molecule has 3 heterocycles. The van der Waals surface area contributed by atoms with Crippen molar-refractivity contribution in [3.05, 3.63) is 39.9 Å². The van der Waals surface area contributed by atoms with Gasteiger partial charge in [-0.15, -0.1) is 0 Å². The molecule has 0 radical (unpaired) electrons. The molecule has 1 fully saturated rings. The van der Waals surface area contributed by atoms with Crippen LogP contribution in [0.2, 0.25) is 0 Å². The van der Waals surface area contributed by atoms with Gasteiger partial charge >= 0.3 is 5.97 Å². The molecule has 0 amide bonds. The monoisotopic (exact) mass is 350 g/mol. The van der Waals surface area contributed by atoms with E-state index in [-0.39, 0.29) is 5.82 Å². The zero-order valence-electron chi connectivity index (χ0n) is 11.3. The summed E-state index contributed by atoms with van der Waals surface area (Å²) in [7, 11) is 1.34. The number of ether oxygens (including phenoxy) is 1. The molecule has 5 rings (SSSR count). The molecule has 3 aliphatic rings. The van der Waals surface area contributed by atoms with E-state index in [0.29, 0.717) is 22.1 Å². The number of halogens is 2. The van der Waals surface area contributed by atoms with Crippen LogP contribution in [0.15, 0.2) is 22.8 Å². The standard InChI is InChI=1S/C15H12BrFN2O2/c1-21-15(20)13-6-19-8-2-7(3-8)9-5-12(17)11(16)4-10(9)14(19)18-13/h4-8H,2-3H2,1H3. The Kier molecular flexibility index (Phi) is 2.73. The molecule has 108 valence electrons. The van der Waals surface area contributed by atoms with Crippen LogP contribution in [0.3, 0.4) is 0 Å². The quantitative estimate of drug-likeness (QED) is 0.737. The summed E-state index contributed by atoms with van der Waals surface area (Å²) in [5, 5.41) is 0. The van der Waals surface area contributed by atoms with Gasteiger partial charge < -0.3 is 9.30 Å². The number of hydrogen-bond donors (Lipinski definition) is 0. The highest BCUT2D eigenvalue weighted by Gasteiger charge is 2.39.